The van der Waals surface area contributed by atoms with Gasteiger partial charge in [-0.05, 0) is 42.3 Å². The van der Waals surface area contributed by atoms with Crippen LogP contribution in [0.4, 0.5) is 11.9 Å². The lowest BCUT2D eigenvalue weighted by Crippen LogP contribution is -2.12. The average Bonchev–Trinajstić information content (AvgIpc) is 3.97. The Hall–Kier alpha value is -8.28. The maximum Gasteiger partial charge on any atom is 0.343 e. The zero-order valence-electron chi connectivity index (χ0n) is 34.4. The van der Waals surface area contributed by atoms with Gasteiger partial charge in [0.25, 0.3) is 0 Å². The minimum absolute atomic E-state index is 0.0265. The zero-order chi connectivity index (χ0) is 43.6. The lowest BCUT2D eigenvalue weighted by molar-refractivity contribution is 0.0526. The first kappa shape index (κ1) is 41.9. The summed E-state index contributed by atoms with van der Waals surface area (Å²) in [6, 6.07) is 30.1. The van der Waals surface area contributed by atoms with Gasteiger partial charge in [-0.15, -0.1) is 10.2 Å². The number of carboxylic acids is 1. The van der Waals surface area contributed by atoms with Gasteiger partial charge in [-0.1, -0.05) is 72.8 Å². The second kappa shape index (κ2) is 19.2. The zero-order valence-corrected chi connectivity index (χ0v) is 34.4. The van der Waals surface area contributed by atoms with E-state index in [0.29, 0.717) is 65.3 Å². The van der Waals surface area contributed by atoms with Gasteiger partial charge in [0.1, 0.15) is 11.1 Å². The first-order valence-electron chi connectivity index (χ1n) is 19.2. The molecule has 4 heterocycles. The molecule has 18 nitrogen and oxygen atoms in total. The van der Waals surface area contributed by atoms with Gasteiger partial charge >= 0.3 is 11.9 Å². The molecule has 0 amide bonds. The van der Waals surface area contributed by atoms with Crippen LogP contribution in [0.15, 0.2) is 109 Å². The van der Waals surface area contributed by atoms with E-state index in [0.717, 1.165) is 22.3 Å². The molecule has 4 aromatic carbocycles. The summed E-state index contributed by atoms with van der Waals surface area (Å²) in [6.45, 7) is 2.86. The number of anilines is 2. The van der Waals surface area contributed by atoms with Crippen molar-refractivity contribution in [2.75, 3.05) is 45.7 Å². The molecule has 8 aromatic rings. The molecule has 3 N–H and O–H groups in total. The molecule has 0 bridgehead atoms. The van der Waals surface area contributed by atoms with Crippen molar-refractivity contribution < 1.29 is 38.4 Å². The number of methoxy groups -OCH3 is 4. The molecule has 8 rings (SSSR count). The third kappa shape index (κ3) is 9.13. The van der Waals surface area contributed by atoms with Crippen LogP contribution in [0.3, 0.4) is 0 Å². The normalized spacial score (nSPS) is 10.7. The number of carbonyl (C=O) groups excluding carboxylic acids is 1. The summed E-state index contributed by atoms with van der Waals surface area (Å²) in [6.07, 6.45) is 2.73. The van der Waals surface area contributed by atoms with Crippen molar-refractivity contribution in [1.82, 2.24) is 39.2 Å². The van der Waals surface area contributed by atoms with Gasteiger partial charge in [0, 0.05) is 36.6 Å². The molecular weight excluding hydrogens is 797 g/mol. The van der Waals surface area contributed by atoms with E-state index >= 15 is 0 Å². The van der Waals surface area contributed by atoms with Crippen molar-refractivity contribution in [2.24, 2.45) is 0 Å². The van der Waals surface area contributed by atoms with Crippen molar-refractivity contribution in [3.8, 4) is 45.8 Å². The topological polar surface area (TPSA) is 211 Å². The first-order chi connectivity index (χ1) is 30.2. The number of ether oxygens (including phenoxy) is 5. The average molecular weight is 839 g/mol. The predicted molar refractivity (Wildman–Crippen MR) is 229 cm³/mol. The number of hydrogen-bond donors (Lipinski definition) is 3. The molecule has 0 fully saturated rings. The van der Waals surface area contributed by atoms with Crippen molar-refractivity contribution in [2.45, 2.75) is 20.0 Å². The summed E-state index contributed by atoms with van der Waals surface area (Å²) in [5.74, 6) is 2.64. The molecule has 0 unspecified atom stereocenters. The van der Waals surface area contributed by atoms with Gasteiger partial charge in [0.05, 0.1) is 35.0 Å². The molecule has 0 radical (unpaired) electrons. The van der Waals surface area contributed by atoms with E-state index in [9.17, 15) is 14.7 Å². The van der Waals surface area contributed by atoms with Crippen LogP contribution in [0.25, 0.3) is 34.1 Å². The summed E-state index contributed by atoms with van der Waals surface area (Å²) in [4.78, 5) is 41.7. The minimum Gasteiger partial charge on any atom is -0.493 e. The SMILES string of the molecule is CCOC(=O)c1cnc(NCc2ccc(OC)c(OC)c2)n2nc(-c3ccccc3)nc12.COc1ccc(CNc2ncc(C(=O)O)c3nc(-c4ccccc4)nn23)cc1OC. The van der Waals surface area contributed by atoms with Crippen molar-refractivity contribution in [3.63, 3.8) is 0 Å². The van der Waals surface area contributed by atoms with Crippen LogP contribution in [0.2, 0.25) is 0 Å². The number of aromatic carboxylic acids is 1. The summed E-state index contributed by atoms with van der Waals surface area (Å²) < 4.78 is 29.3. The number of carboxylic acid groups (broad SMARTS) is 1. The monoisotopic (exact) mass is 838 g/mol. The summed E-state index contributed by atoms with van der Waals surface area (Å²) in [7, 11) is 6.34. The predicted octanol–water partition coefficient (Wildman–Crippen LogP) is 6.72. The molecule has 316 valence electrons. The number of rotatable bonds is 15. The van der Waals surface area contributed by atoms with Crippen molar-refractivity contribution in [1.29, 1.82) is 0 Å². The van der Waals surface area contributed by atoms with Gasteiger partial charge in [0.2, 0.25) is 11.9 Å². The van der Waals surface area contributed by atoms with Crippen LogP contribution in [0, 0.1) is 0 Å². The molecule has 0 aliphatic heterocycles. The Kier molecular flexibility index (Phi) is 13.0. The second-order valence-corrected chi connectivity index (χ2v) is 13.2. The molecule has 18 heteroatoms. The number of hydrogen-bond acceptors (Lipinski definition) is 15. The van der Waals surface area contributed by atoms with Gasteiger partial charge in [-0.25, -0.2) is 29.5 Å². The number of benzene rings is 4. The Morgan fingerprint density at radius 1 is 0.597 bits per heavy atom. The lowest BCUT2D eigenvalue weighted by atomic mass is 10.2. The van der Waals surface area contributed by atoms with Crippen LogP contribution in [0.5, 0.6) is 23.0 Å². The van der Waals surface area contributed by atoms with Crippen molar-refractivity contribution in [3.05, 3.63) is 132 Å². The van der Waals surface area contributed by atoms with E-state index in [1.54, 1.807) is 35.4 Å². The standard InChI is InChI=1S/C23H23N5O4.C21H19N5O4/c1-4-32-22(29)17-14-25-23(24-13-15-10-11-18(30-2)19(12-15)31-3)28-21(17)26-20(27-28)16-8-6-5-7-9-16;1-29-16-9-8-13(10-17(16)30-2)11-22-21-23-12-15(20(27)28)19-24-18(25-26(19)21)14-6-4-3-5-7-14/h5-12,14H,4,13H2,1-3H3,(H,24,25);3-10,12H,11H2,1-2H3,(H,22,23)(H,27,28). The summed E-state index contributed by atoms with van der Waals surface area (Å²) in [5, 5.41) is 25.0. The third-order valence-corrected chi connectivity index (χ3v) is 9.32. The molecule has 4 aromatic heterocycles. The quantitative estimate of drug-likeness (QED) is 0.0915. The van der Waals surface area contributed by atoms with Crippen LogP contribution in [-0.2, 0) is 17.8 Å². The van der Waals surface area contributed by atoms with Crippen LogP contribution in [0.1, 0.15) is 38.8 Å². The fourth-order valence-corrected chi connectivity index (χ4v) is 6.25. The highest BCUT2D eigenvalue weighted by molar-refractivity contribution is 5.96. The Morgan fingerprint density at radius 3 is 1.45 bits per heavy atom. The molecule has 0 atom stereocenters. The third-order valence-electron chi connectivity index (χ3n) is 9.32. The smallest absolute Gasteiger partial charge is 0.343 e. The maximum atomic E-state index is 12.4. The van der Waals surface area contributed by atoms with E-state index in [-0.39, 0.29) is 23.4 Å². The molecule has 0 saturated carbocycles. The largest absolute Gasteiger partial charge is 0.493 e. The molecule has 62 heavy (non-hydrogen) atoms. The van der Waals surface area contributed by atoms with Gasteiger partial charge < -0.3 is 39.4 Å². The van der Waals surface area contributed by atoms with Crippen LogP contribution >= 0.6 is 0 Å². The summed E-state index contributed by atoms with van der Waals surface area (Å²) >= 11 is 0. The van der Waals surface area contributed by atoms with Crippen molar-refractivity contribution >= 4 is 35.1 Å². The first-order valence-corrected chi connectivity index (χ1v) is 19.2. The molecule has 0 aliphatic carbocycles. The maximum absolute atomic E-state index is 12.4. The fourth-order valence-electron chi connectivity index (χ4n) is 6.25. The molecule has 0 saturated heterocycles. The molecular formula is C44H42N10O8. The number of aromatic nitrogens is 8. The number of fused-ring (bicyclic) bond motifs is 2. The van der Waals surface area contributed by atoms with Crippen LogP contribution < -0.4 is 29.6 Å². The highest BCUT2D eigenvalue weighted by atomic mass is 16.5. The number of carbonyl (C=O) groups is 2. The van der Waals surface area contributed by atoms with E-state index in [2.05, 4.69) is 40.8 Å². The van der Waals surface area contributed by atoms with Gasteiger partial charge in [0.15, 0.2) is 45.9 Å². The Bertz CT molecular complexity index is 2830. The minimum atomic E-state index is -1.12. The van der Waals surface area contributed by atoms with Gasteiger partial charge in [-0.3, -0.25) is 0 Å². The summed E-state index contributed by atoms with van der Waals surface area (Å²) in [5.41, 5.74) is 4.29. The van der Waals surface area contributed by atoms with Crippen LogP contribution in [-0.4, -0.2) is 91.3 Å². The number of nitrogens with zero attached hydrogens (tertiary/aromatic N) is 8. The van der Waals surface area contributed by atoms with E-state index < -0.39 is 11.9 Å². The highest BCUT2D eigenvalue weighted by Gasteiger charge is 2.21. The van der Waals surface area contributed by atoms with Gasteiger partial charge in [-0.2, -0.15) is 9.03 Å². The second-order valence-electron chi connectivity index (χ2n) is 13.2. The van der Waals surface area contributed by atoms with E-state index in [1.807, 2.05) is 97.1 Å². The molecule has 0 aliphatic rings. The van der Waals surface area contributed by atoms with E-state index in [4.69, 9.17) is 23.7 Å². The lowest BCUT2D eigenvalue weighted by Gasteiger charge is -2.11. The molecule has 0 spiro atoms. The highest BCUT2D eigenvalue weighted by Crippen LogP contribution is 2.30. The number of nitrogens with one attached hydrogen (secondary N) is 2. The fraction of sp³-hybridized carbons (Fsp3) is 0.182. The van der Waals surface area contributed by atoms with E-state index in [1.165, 1.54) is 21.4 Å². The Balaban J connectivity index is 0.000000187. The number of esters is 1. The Morgan fingerprint density at radius 2 is 1.03 bits per heavy atom. The Labute approximate surface area is 355 Å².